The molecule has 1 amide bonds. The summed E-state index contributed by atoms with van der Waals surface area (Å²) < 4.78 is 34.4. The molecule has 3 aliphatic rings. The van der Waals surface area contributed by atoms with E-state index in [4.69, 9.17) is 28.4 Å². The number of amides is 1. The first-order valence-electron chi connectivity index (χ1n) is 41.6. The summed E-state index contributed by atoms with van der Waals surface area (Å²) in [5, 5.41) is 121. The fourth-order valence-electron chi connectivity index (χ4n) is 13.4. The number of allylic oxidation sites excluding steroid dienone is 17. The van der Waals surface area contributed by atoms with Crippen LogP contribution in [0.3, 0.4) is 0 Å². The lowest BCUT2D eigenvalue weighted by molar-refractivity contribution is -0.379. The number of carbonyl (C=O) groups is 1. The second-order valence-electron chi connectivity index (χ2n) is 29.2. The van der Waals surface area contributed by atoms with E-state index in [2.05, 4.69) is 116 Å². The molecule has 0 spiro atoms. The van der Waals surface area contributed by atoms with Crippen LogP contribution in [0.15, 0.2) is 109 Å². The lowest BCUT2D eigenvalue weighted by Crippen LogP contribution is -2.66. The molecule has 3 fully saturated rings. The van der Waals surface area contributed by atoms with Gasteiger partial charge >= 0.3 is 0 Å². The number of ether oxygens (including phenoxy) is 6. The van der Waals surface area contributed by atoms with Gasteiger partial charge in [-0.1, -0.05) is 309 Å². The predicted molar refractivity (Wildman–Crippen MR) is 420 cm³/mol. The van der Waals surface area contributed by atoms with Gasteiger partial charge < -0.3 is 89.9 Å². The molecule has 12 N–H and O–H groups in total. The molecule has 17 unspecified atom stereocenters. The highest BCUT2D eigenvalue weighted by molar-refractivity contribution is 5.76. The van der Waals surface area contributed by atoms with Crippen molar-refractivity contribution in [1.29, 1.82) is 0 Å². The number of rotatable bonds is 65. The van der Waals surface area contributed by atoms with E-state index in [1.165, 1.54) is 167 Å². The van der Waals surface area contributed by atoms with Gasteiger partial charge in [-0.3, -0.25) is 4.79 Å². The van der Waals surface area contributed by atoms with Crippen LogP contribution < -0.4 is 5.32 Å². The van der Waals surface area contributed by atoms with Crippen molar-refractivity contribution < 1.29 is 89.4 Å². The van der Waals surface area contributed by atoms with E-state index in [9.17, 15) is 61.0 Å². The largest absolute Gasteiger partial charge is 0.394 e. The highest BCUT2D eigenvalue weighted by Gasteiger charge is 2.54. The predicted octanol–water partition coefficient (Wildman–Crippen LogP) is 14.5. The maximum atomic E-state index is 13.5. The fourth-order valence-corrected chi connectivity index (χ4v) is 13.4. The quantitative estimate of drug-likeness (QED) is 0.0199. The summed E-state index contributed by atoms with van der Waals surface area (Å²) in [5.41, 5.74) is 0. The molecule has 0 radical (unpaired) electrons. The van der Waals surface area contributed by atoms with E-state index >= 15 is 0 Å². The summed E-state index contributed by atoms with van der Waals surface area (Å²) >= 11 is 0. The summed E-state index contributed by atoms with van der Waals surface area (Å²) in [6.45, 7) is 1.61. The molecule has 3 heterocycles. The topological polar surface area (TPSA) is 307 Å². The van der Waals surface area contributed by atoms with Crippen molar-refractivity contribution in [2.75, 3.05) is 26.4 Å². The summed E-state index contributed by atoms with van der Waals surface area (Å²) in [6, 6.07) is -1.01. The number of carbonyl (C=O) groups excluding carboxylic acids is 1. The summed E-state index contributed by atoms with van der Waals surface area (Å²) in [5.74, 6) is -0.306. The van der Waals surface area contributed by atoms with E-state index in [0.29, 0.717) is 12.8 Å². The Balaban J connectivity index is 1.39. The minimum absolute atomic E-state index is 0.206. The third-order valence-corrected chi connectivity index (χ3v) is 20.1. The molecule has 0 aromatic heterocycles. The van der Waals surface area contributed by atoms with E-state index < -0.39 is 124 Å². The average Bonchev–Trinajstić information content (AvgIpc) is 0.781. The van der Waals surface area contributed by atoms with Gasteiger partial charge in [-0.25, -0.2) is 0 Å². The molecule has 3 rings (SSSR count). The fraction of sp³-hybridized carbons (Fsp3) is 0.779. The summed E-state index contributed by atoms with van der Waals surface area (Å²) in [7, 11) is 0. The second kappa shape index (κ2) is 65.2. The molecule has 0 aromatic rings. The minimum Gasteiger partial charge on any atom is -0.394 e. The van der Waals surface area contributed by atoms with Gasteiger partial charge in [0.05, 0.1) is 38.6 Å². The lowest BCUT2D eigenvalue weighted by Gasteiger charge is -2.48. The monoisotopic (exact) mass is 1480 g/mol. The van der Waals surface area contributed by atoms with E-state index in [0.717, 1.165) is 96.3 Å². The van der Waals surface area contributed by atoms with Crippen LogP contribution in [0.1, 0.15) is 296 Å². The van der Waals surface area contributed by atoms with Crippen molar-refractivity contribution in [3.63, 3.8) is 0 Å². The zero-order chi connectivity index (χ0) is 76.0. The number of unbranched alkanes of at least 4 members (excludes halogenated alkanes) is 33. The smallest absolute Gasteiger partial charge is 0.220 e. The Labute approximate surface area is 634 Å². The first-order valence-corrected chi connectivity index (χ1v) is 41.6. The van der Waals surface area contributed by atoms with Gasteiger partial charge in [0.25, 0.3) is 0 Å². The normalized spacial score (nSPS) is 26.4. The SMILES string of the molecule is CC/C=C\C/C=C\C/C=C\C/C=C\C/C=C\C/C=C\C/C=C\CCCCCCCC(=O)NC(COC1OC(CO)C(OC2OC(CO)C(OC3OC(CO)C(O)C(O)C3O)C(O)C2O)C(O)C1O)C(O)/C=C/CC/C=C/CCCCCCCCCCCCCCCCCCCCCCCCCCCCC. The average molecular weight is 1490 g/mol. The van der Waals surface area contributed by atoms with Crippen LogP contribution in [0.5, 0.6) is 0 Å². The van der Waals surface area contributed by atoms with Crippen molar-refractivity contribution in [2.24, 2.45) is 0 Å². The van der Waals surface area contributed by atoms with Crippen molar-refractivity contribution in [3.8, 4) is 0 Å². The molecule has 606 valence electrons. The molecule has 3 aliphatic heterocycles. The van der Waals surface area contributed by atoms with Crippen LogP contribution >= 0.6 is 0 Å². The highest BCUT2D eigenvalue weighted by Crippen LogP contribution is 2.33. The molecule has 17 atom stereocenters. The molecular weight excluding hydrogens is 1330 g/mol. The third kappa shape index (κ3) is 44.8. The Morgan fingerprint density at radius 3 is 1.07 bits per heavy atom. The van der Waals surface area contributed by atoms with Crippen LogP contribution in [-0.4, -0.2) is 193 Å². The lowest BCUT2D eigenvalue weighted by atomic mass is 9.96. The van der Waals surface area contributed by atoms with Gasteiger partial charge in [0.1, 0.15) is 73.2 Å². The van der Waals surface area contributed by atoms with Crippen molar-refractivity contribution in [2.45, 2.75) is 401 Å². The van der Waals surface area contributed by atoms with Gasteiger partial charge in [-0.15, -0.1) is 0 Å². The Kier molecular flexibility index (Phi) is 59.4. The number of hydrogen-bond acceptors (Lipinski definition) is 18. The van der Waals surface area contributed by atoms with Crippen LogP contribution in [0.2, 0.25) is 0 Å². The molecule has 19 nitrogen and oxygen atoms in total. The third-order valence-electron chi connectivity index (χ3n) is 20.1. The first-order chi connectivity index (χ1) is 51.3. The number of aliphatic hydroxyl groups excluding tert-OH is 11. The van der Waals surface area contributed by atoms with Crippen LogP contribution in [0, 0.1) is 0 Å². The molecule has 3 saturated heterocycles. The van der Waals surface area contributed by atoms with Crippen molar-refractivity contribution in [3.05, 3.63) is 109 Å². The van der Waals surface area contributed by atoms with Gasteiger partial charge in [-0.05, 0) is 89.9 Å². The Morgan fingerprint density at radius 1 is 0.352 bits per heavy atom. The minimum atomic E-state index is -1.99. The van der Waals surface area contributed by atoms with Gasteiger partial charge in [-0.2, -0.15) is 0 Å². The highest BCUT2D eigenvalue weighted by atomic mass is 16.8. The molecule has 0 bridgehead atoms. The van der Waals surface area contributed by atoms with Crippen molar-refractivity contribution >= 4 is 5.91 Å². The number of nitrogens with one attached hydrogen (secondary N) is 1. The maximum Gasteiger partial charge on any atom is 0.220 e. The van der Waals surface area contributed by atoms with Crippen molar-refractivity contribution in [1.82, 2.24) is 5.32 Å². The Hall–Kier alpha value is -3.55. The van der Waals surface area contributed by atoms with Crippen LogP contribution in [0.4, 0.5) is 0 Å². The molecule has 0 saturated carbocycles. The number of hydrogen-bond donors (Lipinski definition) is 12. The molecular formula is C86H149NO18. The van der Waals surface area contributed by atoms with E-state index in [1.807, 2.05) is 6.08 Å². The van der Waals surface area contributed by atoms with Crippen LogP contribution in [0.25, 0.3) is 0 Å². The maximum absolute atomic E-state index is 13.5. The van der Waals surface area contributed by atoms with Gasteiger partial charge in [0.2, 0.25) is 5.91 Å². The van der Waals surface area contributed by atoms with Gasteiger partial charge in [0.15, 0.2) is 18.9 Å². The molecule has 105 heavy (non-hydrogen) atoms. The van der Waals surface area contributed by atoms with Gasteiger partial charge in [0, 0.05) is 6.42 Å². The standard InChI is InChI=1S/C86H149NO18/c1-3-5-7-9-11-13-15-17-19-21-23-25-27-29-31-32-33-34-35-36-38-39-41-43-45-47-49-51-53-55-57-59-61-63-70(91)69(87-74(92)64-62-60-58-56-54-52-50-48-46-44-42-40-37-30-28-26-24-22-20-18-16-14-12-10-8-6-4-2)68-100-84-80(98)77(95)82(72(66-89)102-84)105-86-81(99)78(96)83(73(67-90)103-86)104-85-79(97)76(94)75(93)71(65-88)101-85/h6,8,12,14,18,20,24,26,30,37,42,44,48,50,53,55,61,63,69-73,75-86,88-91,93-99H,3-5,7,9-11,13,15-17,19,21-23,25,27-29,31-36,38-41,43,45-47,49,51-52,54,56-60,62,64-68H2,1-2H3,(H,87,92)/b8-6-,14-12-,20-18-,26-24-,37-30-,44-42-,50-48-,55-53+,63-61+. The second-order valence-corrected chi connectivity index (χ2v) is 29.2. The zero-order valence-corrected chi connectivity index (χ0v) is 64.9. The Morgan fingerprint density at radius 2 is 0.667 bits per heavy atom. The number of aliphatic hydroxyl groups is 11. The summed E-state index contributed by atoms with van der Waals surface area (Å²) in [4.78, 5) is 13.5. The van der Waals surface area contributed by atoms with E-state index in [1.54, 1.807) is 6.08 Å². The molecule has 0 aromatic carbocycles. The van der Waals surface area contributed by atoms with Crippen LogP contribution in [-0.2, 0) is 33.2 Å². The zero-order valence-electron chi connectivity index (χ0n) is 64.9. The van der Waals surface area contributed by atoms with E-state index in [-0.39, 0.29) is 18.9 Å². The Bertz CT molecular complexity index is 2320. The first kappa shape index (κ1) is 95.7. The molecule has 19 heteroatoms. The summed E-state index contributed by atoms with van der Waals surface area (Å²) in [6.07, 6.45) is 63.7. The molecule has 0 aliphatic carbocycles.